The van der Waals surface area contributed by atoms with E-state index in [1.165, 1.54) is 38.5 Å². The largest absolute Gasteiger partial charge is 0.507 e. The second-order valence-electron chi connectivity index (χ2n) is 26.1. The van der Waals surface area contributed by atoms with Crippen molar-refractivity contribution in [3.05, 3.63) is 121 Å². The Bertz CT molecular complexity index is 4940. The van der Waals surface area contributed by atoms with Crippen LogP contribution in [0.1, 0.15) is 163 Å². The summed E-state index contributed by atoms with van der Waals surface area (Å²) in [5.74, 6) is -0.145. The van der Waals surface area contributed by atoms with Crippen LogP contribution in [0.3, 0.4) is 0 Å². The van der Waals surface area contributed by atoms with Crippen molar-refractivity contribution >= 4 is 121 Å². The van der Waals surface area contributed by atoms with Gasteiger partial charge in [0, 0.05) is 67.7 Å². The average molecular weight is 1220 g/mol. The van der Waals surface area contributed by atoms with Crippen molar-refractivity contribution in [3.63, 3.8) is 0 Å². The Morgan fingerprint density at radius 2 is 0.767 bits per heavy atom. The fraction of sp³-hybridized carbons (Fsp3) is 0.405. The van der Waals surface area contributed by atoms with Crippen LogP contribution in [0.15, 0.2) is 54.6 Å². The quantitative estimate of drug-likeness (QED) is 0.0283. The van der Waals surface area contributed by atoms with Crippen molar-refractivity contribution in [2.24, 2.45) is 0 Å². The van der Waals surface area contributed by atoms with E-state index in [4.69, 9.17) is 9.47 Å². The standard InChI is InChI=1S/2C37H40N2O6/c1-5-7-9-37(10-8-6-2)17-38-34-29-23(42)13-19(15-40)25-26-20(16-41)14-24(43)30-32(26)28-22(36(45-4)35(30)44)12-18(3)11-21(33(34)39-37)27(28)31(25)29;1-5-7-9-37(10-8-6-2)17-38-33-21-11-18(3)12-22-28-27(21)31-25(19(15-40)13-23(42)29(31)34(33)39-37)26-20(16-41)14-24(43)30(32(26)28)35(44)36(22)45-4/h2*11,13-14,38-41,43H,5-10,12,15-17H2,1-4H3. The lowest BCUT2D eigenvalue weighted by Crippen LogP contribution is -2.48. The van der Waals surface area contributed by atoms with Gasteiger partial charge in [0.25, 0.3) is 0 Å². The number of anilines is 4. The van der Waals surface area contributed by atoms with E-state index in [-0.39, 0.29) is 55.7 Å². The molecule has 0 bridgehead atoms. The molecular formula is C74H80N4O12. The van der Waals surface area contributed by atoms with E-state index in [2.05, 4.69) is 61.1 Å². The fourth-order valence-electron chi connectivity index (χ4n) is 16.5. The van der Waals surface area contributed by atoms with Gasteiger partial charge in [0.1, 0.15) is 11.5 Å². The summed E-state index contributed by atoms with van der Waals surface area (Å²) in [6.45, 7) is 12.6. The van der Waals surface area contributed by atoms with E-state index in [1.54, 1.807) is 0 Å². The van der Waals surface area contributed by atoms with Gasteiger partial charge in [-0.1, -0.05) is 102 Å². The van der Waals surface area contributed by atoms with E-state index >= 15 is 0 Å². The molecule has 2 aliphatic heterocycles. The third-order valence-electron chi connectivity index (χ3n) is 20.4. The van der Waals surface area contributed by atoms with E-state index in [9.17, 15) is 49.8 Å². The molecule has 468 valence electrons. The van der Waals surface area contributed by atoms with Crippen LogP contribution in [0.5, 0.6) is 23.0 Å². The number of allylic oxidation sites excluding steroid dienone is 2. The zero-order valence-corrected chi connectivity index (χ0v) is 52.7. The third kappa shape index (κ3) is 8.74. The highest BCUT2D eigenvalue weighted by molar-refractivity contribution is 6.41. The number of phenols is 2. The van der Waals surface area contributed by atoms with Crippen molar-refractivity contribution in [3.8, 4) is 23.0 Å². The minimum atomic E-state index is -0.425. The van der Waals surface area contributed by atoms with Gasteiger partial charge in [0.15, 0.2) is 22.4 Å². The summed E-state index contributed by atoms with van der Waals surface area (Å²) < 4.78 is 11.5. The predicted molar refractivity (Wildman–Crippen MR) is 365 cm³/mol. The van der Waals surface area contributed by atoms with Crippen LogP contribution < -0.4 is 52.5 Å². The van der Waals surface area contributed by atoms with Crippen LogP contribution in [-0.4, -0.2) is 69.0 Å². The van der Waals surface area contributed by atoms with Gasteiger partial charge in [-0.15, -0.1) is 0 Å². The van der Waals surface area contributed by atoms with Gasteiger partial charge in [0.2, 0.25) is 10.9 Å². The van der Waals surface area contributed by atoms with E-state index in [0.717, 1.165) is 144 Å². The summed E-state index contributed by atoms with van der Waals surface area (Å²) in [6, 6.07) is 5.82. The van der Waals surface area contributed by atoms with Gasteiger partial charge < -0.3 is 61.4 Å². The molecule has 2 heterocycles. The number of aliphatic hydroxyl groups is 4. The van der Waals surface area contributed by atoms with Gasteiger partial charge in [0.05, 0.1) is 96.0 Å². The lowest BCUT2D eigenvalue weighted by Gasteiger charge is -2.42. The second-order valence-corrected chi connectivity index (χ2v) is 26.1. The molecule has 90 heavy (non-hydrogen) atoms. The molecule has 0 atom stereocenters. The van der Waals surface area contributed by atoms with Crippen molar-refractivity contribution < 1.29 is 40.1 Å². The van der Waals surface area contributed by atoms with Crippen molar-refractivity contribution in [1.29, 1.82) is 0 Å². The number of benzene rings is 10. The molecule has 0 radical (unpaired) electrons. The summed E-state index contributed by atoms with van der Waals surface area (Å²) in [5.41, 5.74) is 8.44. The first-order valence-electron chi connectivity index (χ1n) is 32.2. The van der Waals surface area contributed by atoms with Gasteiger partial charge >= 0.3 is 0 Å². The Kier molecular flexibility index (Phi) is 15.4. The van der Waals surface area contributed by atoms with Gasteiger partial charge in [-0.05, 0) is 131 Å². The highest BCUT2D eigenvalue weighted by Gasteiger charge is 2.41. The molecule has 10 aromatic rings. The summed E-state index contributed by atoms with van der Waals surface area (Å²) in [7, 11) is 2.93. The molecule has 0 fully saturated rings. The maximum atomic E-state index is 14.3. The highest BCUT2D eigenvalue weighted by atomic mass is 16.5. The molecule has 10 aromatic carbocycles. The predicted octanol–water partition coefficient (Wildman–Crippen LogP) is 13.0. The zero-order valence-electron chi connectivity index (χ0n) is 52.7. The van der Waals surface area contributed by atoms with Gasteiger partial charge in [-0.3, -0.25) is 19.2 Å². The Morgan fingerprint density at radius 3 is 1.14 bits per heavy atom. The number of hydrogen-bond acceptors (Lipinski definition) is 16. The van der Waals surface area contributed by atoms with Crippen LogP contribution in [0.25, 0.3) is 98.3 Å². The smallest absolute Gasteiger partial charge is 0.232 e. The van der Waals surface area contributed by atoms with E-state index in [0.29, 0.717) is 113 Å². The number of hydrogen-bond donors (Lipinski definition) is 10. The van der Waals surface area contributed by atoms with Gasteiger partial charge in [-0.2, -0.15) is 0 Å². The van der Waals surface area contributed by atoms with Crippen molar-refractivity contribution in [2.75, 3.05) is 48.6 Å². The molecule has 10 N–H and O–H groups in total. The van der Waals surface area contributed by atoms with E-state index in [1.807, 2.05) is 13.8 Å². The fourth-order valence-corrected chi connectivity index (χ4v) is 16.5. The lowest BCUT2D eigenvalue weighted by molar-refractivity contribution is 0.282. The Morgan fingerprint density at radius 1 is 0.422 bits per heavy atom. The SMILES string of the molecule is CCCCC1(CCCC)CNc2c(c3c(=O)cc(CO)c4c5c(CO)cc(O)c6c(=O)c(OC)c7c(c(c2C=C(C)C7)c34)c65)N1.CCCCC1(CCCC)CNc2c(c3c4c5c(c(OC)c(=O)c6c(O)cc(CO)c(c7c(CO)cc(=O)c2c74)c65)CC(C)=C3)N1. The average Bonchev–Trinajstić information content (AvgIpc) is 1.02. The Balaban J connectivity index is 0.000000165. The number of unbranched alkanes of at least 4 members (excludes halogenated alkanes) is 4. The molecule has 4 aliphatic rings. The molecule has 16 nitrogen and oxygen atoms in total. The third-order valence-corrected chi connectivity index (χ3v) is 20.4. The molecule has 0 aromatic heterocycles. The first-order chi connectivity index (χ1) is 43.5. The van der Waals surface area contributed by atoms with Crippen molar-refractivity contribution in [2.45, 2.75) is 169 Å². The molecule has 0 saturated carbocycles. The minimum absolute atomic E-state index is 0.110. The molecule has 0 spiro atoms. The summed E-state index contributed by atoms with van der Waals surface area (Å²) in [5, 5.41) is 89.7. The first kappa shape index (κ1) is 60.6. The second kappa shape index (κ2) is 22.9. The number of aliphatic hydroxyl groups excluding tert-OH is 4. The Labute approximate surface area is 520 Å². The first-order valence-corrected chi connectivity index (χ1v) is 32.2. The number of phenolic OH excluding ortho intramolecular Hbond substituents is 2. The maximum absolute atomic E-state index is 14.3. The number of fused-ring (bicyclic) bond motifs is 8. The number of rotatable bonds is 18. The molecule has 2 aliphatic carbocycles. The van der Waals surface area contributed by atoms with Crippen LogP contribution >= 0.6 is 0 Å². The molecule has 16 heteroatoms. The van der Waals surface area contributed by atoms with Crippen LogP contribution in [0.2, 0.25) is 0 Å². The lowest BCUT2D eigenvalue weighted by atomic mass is 9.79. The summed E-state index contributed by atoms with van der Waals surface area (Å²) >= 11 is 0. The number of ether oxygens (including phenoxy) is 2. The van der Waals surface area contributed by atoms with E-state index < -0.39 is 37.3 Å². The molecule has 0 saturated heterocycles. The van der Waals surface area contributed by atoms with Crippen molar-refractivity contribution in [1.82, 2.24) is 0 Å². The molecule has 0 unspecified atom stereocenters. The maximum Gasteiger partial charge on any atom is 0.232 e. The van der Waals surface area contributed by atoms with Crippen LogP contribution in [0.4, 0.5) is 22.7 Å². The summed E-state index contributed by atoms with van der Waals surface area (Å²) in [6.07, 6.45) is 17.6. The Hall–Kier alpha value is -8.28. The highest BCUT2D eigenvalue weighted by Crippen LogP contribution is 2.57. The summed E-state index contributed by atoms with van der Waals surface area (Å²) in [4.78, 5) is 56.4. The zero-order chi connectivity index (χ0) is 63.6. The topological polar surface area (TPSA) is 256 Å². The molecular weight excluding hydrogens is 1140 g/mol. The number of aromatic hydroxyl groups is 2. The van der Waals surface area contributed by atoms with Gasteiger partial charge in [-0.25, -0.2) is 0 Å². The number of methoxy groups -OCH3 is 2. The monoisotopic (exact) mass is 1220 g/mol. The van der Waals surface area contributed by atoms with Crippen LogP contribution in [0, 0.1) is 0 Å². The number of nitrogens with one attached hydrogen (secondary N) is 4. The molecule has 14 rings (SSSR count). The minimum Gasteiger partial charge on any atom is -0.507 e. The molecule has 0 amide bonds. The normalized spacial score (nSPS) is 15.5. The van der Waals surface area contributed by atoms with Crippen LogP contribution in [-0.2, 0) is 39.3 Å².